The van der Waals surface area contributed by atoms with Crippen molar-refractivity contribution in [3.63, 3.8) is 0 Å². The Balaban J connectivity index is 2.49. The number of nitrogens with one attached hydrogen (secondary N) is 1. The fourth-order valence-electron chi connectivity index (χ4n) is 3.19. The maximum absolute atomic E-state index is 13.5. The quantitative estimate of drug-likeness (QED) is 0.294. The second-order valence-corrected chi connectivity index (χ2v) is 10.5. The van der Waals surface area contributed by atoms with Gasteiger partial charge >= 0.3 is 5.97 Å². The van der Waals surface area contributed by atoms with Crippen molar-refractivity contribution >= 4 is 23.3 Å². The van der Waals surface area contributed by atoms with E-state index in [0.29, 0.717) is 42.1 Å². The predicted octanol–water partition coefficient (Wildman–Crippen LogP) is 5.56. The Bertz CT molecular complexity index is 1100. The molecule has 1 amide bonds. The number of ether oxygens (including phenoxy) is 5. The highest BCUT2D eigenvalue weighted by Gasteiger charge is 2.25. The molecule has 0 fully saturated rings. The molecule has 9 heteroatoms. The van der Waals surface area contributed by atoms with E-state index in [0.717, 1.165) is 0 Å². The predicted molar refractivity (Wildman–Crippen MR) is 144 cm³/mol. The highest BCUT2D eigenvalue weighted by molar-refractivity contribution is 6.08. The van der Waals surface area contributed by atoms with Crippen molar-refractivity contribution in [1.82, 2.24) is 0 Å². The van der Waals surface area contributed by atoms with Crippen molar-refractivity contribution in [3.05, 3.63) is 35.4 Å². The van der Waals surface area contributed by atoms with Gasteiger partial charge in [-0.05, 0) is 44.7 Å². The first-order valence-electron chi connectivity index (χ1n) is 12.3. The molecule has 0 aliphatic rings. The van der Waals surface area contributed by atoms with Gasteiger partial charge in [0.1, 0.15) is 34.2 Å². The molecular weight excluding hydrogens is 476 g/mol. The zero-order chi connectivity index (χ0) is 27.9. The summed E-state index contributed by atoms with van der Waals surface area (Å²) in [7, 11) is 2.89. The molecule has 0 aliphatic carbocycles. The number of hydrogen-bond acceptors (Lipinski definition) is 8. The van der Waals surface area contributed by atoms with Crippen molar-refractivity contribution in [2.75, 3.05) is 38.5 Å². The third-order valence-electron chi connectivity index (χ3n) is 4.89. The van der Waals surface area contributed by atoms with Gasteiger partial charge in [-0.25, -0.2) is 4.79 Å². The number of hydrogen-bond donors (Lipinski definition) is 2. The van der Waals surface area contributed by atoms with E-state index in [4.69, 9.17) is 29.4 Å². The molecule has 37 heavy (non-hydrogen) atoms. The average molecular weight is 517 g/mol. The Kier molecular flexibility index (Phi) is 10.1. The summed E-state index contributed by atoms with van der Waals surface area (Å²) in [5, 5.41) is 2.81. The molecule has 9 nitrogen and oxygen atoms in total. The van der Waals surface area contributed by atoms with Crippen LogP contribution in [0.25, 0.3) is 0 Å². The first-order valence-corrected chi connectivity index (χ1v) is 12.3. The standard InChI is InChI=1S/C28H40N2O7/c1-16(2)14-35-23-13-24(36-15-17(3)4)20(29)10-18(23)26(31)30-21-11-19(27(32)37-28(5,6)7)22(33-8)12-25(21)34-9/h10-13,16-17H,14-15,29H2,1-9H3,(H,30,31). The lowest BCUT2D eigenvalue weighted by molar-refractivity contribution is 0.00663. The Morgan fingerprint density at radius 2 is 1.35 bits per heavy atom. The van der Waals surface area contributed by atoms with E-state index in [9.17, 15) is 9.59 Å². The lowest BCUT2D eigenvalue weighted by atomic mass is 10.1. The number of nitrogens with two attached hydrogens (primary N) is 1. The van der Waals surface area contributed by atoms with Crippen molar-refractivity contribution in [1.29, 1.82) is 0 Å². The topological polar surface area (TPSA) is 118 Å². The van der Waals surface area contributed by atoms with Gasteiger partial charge in [0.15, 0.2) is 0 Å². The molecule has 0 radical (unpaired) electrons. The van der Waals surface area contributed by atoms with Crippen LogP contribution in [-0.4, -0.2) is 44.9 Å². The number of amides is 1. The monoisotopic (exact) mass is 516 g/mol. The molecule has 2 aromatic carbocycles. The summed E-state index contributed by atoms with van der Waals surface area (Å²) < 4.78 is 28.1. The van der Waals surface area contributed by atoms with E-state index < -0.39 is 17.5 Å². The van der Waals surface area contributed by atoms with Gasteiger partial charge in [-0.15, -0.1) is 0 Å². The highest BCUT2D eigenvalue weighted by atomic mass is 16.6. The molecule has 0 aliphatic heterocycles. The summed E-state index contributed by atoms with van der Waals surface area (Å²) in [5.74, 6) is 0.750. The van der Waals surface area contributed by atoms with Gasteiger partial charge in [0.05, 0.1) is 44.4 Å². The number of esters is 1. The lowest BCUT2D eigenvalue weighted by Gasteiger charge is -2.21. The Hall–Kier alpha value is -3.62. The summed E-state index contributed by atoms with van der Waals surface area (Å²) in [6.45, 7) is 14.2. The van der Waals surface area contributed by atoms with Crippen molar-refractivity contribution in [3.8, 4) is 23.0 Å². The summed E-state index contributed by atoms with van der Waals surface area (Å²) >= 11 is 0. The van der Waals surface area contributed by atoms with E-state index in [-0.39, 0.29) is 28.5 Å². The van der Waals surface area contributed by atoms with E-state index in [2.05, 4.69) is 5.32 Å². The van der Waals surface area contributed by atoms with Gasteiger partial charge in [-0.3, -0.25) is 4.79 Å². The molecule has 0 heterocycles. The molecule has 0 aromatic heterocycles. The smallest absolute Gasteiger partial charge is 0.342 e. The fourth-order valence-corrected chi connectivity index (χ4v) is 3.19. The van der Waals surface area contributed by atoms with Crippen LogP contribution < -0.4 is 30.0 Å². The number of methoxy groups -OCH3 is 2. The van der Waals surface area contributed by atoms with Crippen LogP contribution in [0.1, 0.15) is 69.2 Å². The maximum atomic E-state index is 13.5. The third kappa shape index (κ3) is 8.48. The number of anilines is 2. The summed E-state index contributed by atoms with van der Waals surface area (Å²) in [6.07, 6.45) is 0. The Morgan fingerprint density at radius 1 is 0.811 bits per heavy atom. The highest BCUT2D eigenvalue weighted by Crippen LogP contribution is 2.36. The molecule has 0 bridgehead atoms. The normalized spacial score (nSPS) is 11.3. The zero-order valence-electron chi connectivity index (χ0n) is 23.3. The molecule has 0 spiro atoms. The Labute approximate surface area is 219 Å². The van der Waals surface area contributed by atoms with Gasteiger partial charge in [-0.2, -0.15) is 0 Å². The van der Waals surface area contributed by atoms with Gasteiger partial charge in [-0.1, -0.05) is 27.7 Å². The largest absolute Gasteiger partial charge is 0.496 e. The minimum atomic E-state index is -0.717. The number of carbonyl (C=O) groups is 2. The first-order chi connectivity index (χ1) is 17.2. The van der Waals surface area contributed by atoms with Crippen LogP contribution >= 0.6 is 0 Å². The van der Waals surface area contributed by atoms with Crippen molar-refractivity contribution < 1.29 is 33.3 Å². The molecule has 0 saturated heterocycles. The molecule has 0 atom stereocenters. The maximum Gasteiger partial charge on any atom is 0.342 e. The van der Waals surface area contributed by atoms with Crippen LogP contribution in [0.4, 0.5) is 11.4 Å². The number of nitrogen functional groups attached to an aromatic ring is 1. The van der Waals surface area contributed by atoms with Crippen LogP contribution in [0.5, 0.6) is 23.0 Å². The first kappa shape index (κ1) is 29.6. The second-order valence-electron chi connectivity index (χ2n) is 10.5. The molecule has 0 unspecified atom stereocenters. The minimum Gasteiger partial charge on any atom is -0.496 e. The van der Waals surface area contributed by atoms with Gasteiger partial charge in [0.25, 0.3) is 5.91 Å². The Morgan fingerprint density at radius 3 is 1.86 bits per heavy atom. The molecule has 0 saturated carbocycles. The molecule has 204 valence electrons. The molecule has 3 N–H and O–H groups in total. The van der Waals surface area contributed by atoms with Gasteiger partial charge in [0, 0.05) is 12.1 Å². The average Bonchev–Trinajstić information content (AvgIpc) is 2.80. The van der Waals surface area contributed by atoms with E-state index in [1.165, 1.54) is 32.4 Å². The SMILES string of the molecule is COc1cc(OC)c(C(=O)OC(C)(C)C)cc1NC(=O)c1cc(N)c(OCC(C)C)cc1OCC(C)C. The third-order valence-corrected chi connectivity index (χ3v) is 4.89. The number of carbonyl (C=O) groups excluding carboxylic acids is 2. The summed E-state index contributed by atoms with van der Waals surface area (Å²) in [6, 6.07) is 6.13. The summed E-state index contributed by atoms with van der Waals surface area (Å²) in [4.78, 5) is 26.3. The van der Waals surface area contributed by atoms with Crippen LogP contribution in [-0.2, 0) is 4.74 Å². The minimum absolute atomic E-state index is 0.141. The molecule has 2 aromatic rings. The zero-order valence-corrected chi connectivity index (χ0v) is 23.3. The second kappa shape index (κ2) is 12.6. The van der Waals surface area contributed by atoms with Gasteiger partial charge in [0.2, 0.25) is 0 Å². The molecular formula is C28H40N2O7. The lowest BCUT2D eigenvalue weighted by Crippen LogP contribution is -2.24. The van der Waals surface area contributed by atoms with Crippen LogP contribution in [0.3, 0.4) is 0 Å². The van der Waals surface area contributed by atoms with Crippen LogP contribution in [0, 0.1) is 11.8 Å². The van der Waals surface area contributed by atoms with Crippen LogP contribution in [0.15, 0.2) is 24.3 Å². The number of rotatable bonds is 11. The number of benzene rings is 2. The van der Waals surface area contributed by atoms with Gasteiger partial charge < -0.3 is 34.7 Å². The van der Waals surface area contributed by atoms with E-state index >= 15 is 0 Å². The van der Waals surface area contributed by atoms with Crippen LogP contribution in [0.2, 0.25) is 0 Å². The van der Waals surface area contributed by atoms with Crippen molar-refractivity contribution in [2.45, 2.75) is 54.1 Å². The fraction of sp³-hybridized carbons (Fsp3) is 0.500. The molecule has 2 rings (SSSR count). The van der Waals surface area contributed by atoms with Crippen molar-refractivity contribution in [2.24, 2.45) is 11.8 Å². The summed E-state index contributed by atoms with van der Waals surface area (Å²) in [5.41, 5.74) is 6.41. The van der Waals surface area contributed by atoms with E-state index in [1.807, 2.05) is 27.7 Å². The van der Waals surface area contributed by atoms with E-state index in [1.54, 1.807) is 26.8 Å².